The number of ketones is 1. The van der Waals surface area contributed by atoms with Crippen LogP contribution in [0.1, 0.15) is 23.7 Å². The van der Waals surface area contributed by atoms with Crippen molar-refractivity contribution in [3.63, 3.8) is 0 Å². The zero-order valence-electron chi connectivity index (χ0n) is 14.3. The Bertz CT molecular complexity index is 994. The molecule has 0 saturated carbocycles. The van der Waals surface area contributed by atoms with Crippen LogP contribution in [0.15, 0.2) is 36.4 Å². The Morgan fingerprint density at radius 1 is 1.27 bits per heavy atom. The van der Waals surface area contributed by atoms with Crippen LogP contribution in [0.2, 0.25) is 5.02 Å². The Morgan fingerprint density at radius 3 is 2.62 bits per heavy atom. The maximum atomic E-state index is 11.9. The van der Waals surface area contributed by atoms with Gasteiger partial charge in [0.15, 0.2) is 5.78 Å². The standard InChI is InChI=1S/C20H19ClN2O3/c1-11(24)19-16-8-15(17(21)9-18(16)22-20(19)26)12-2-4-13(5-3-12)23-7-6-14(25)10-23/h2-5,8-9,14,22,25-26H,6-7,10H2,1H3. The highest BCUT2D eigenvalue weighted by Crippen LogP contribution is 2.37. The molecule has 5 nitrogen and oxygen atoms in total. The second-order valence-corrected chi connectivity index (χ2v) is 7.13. The molecule has 3 aromatic rings. The van der Waals surface area contributed by atoms with Crippen LogP contribution in [-0.4, -0.2) is 40.2 Å². The largest absolute Gasteiger partial charge is 0.494 e. The molecule has 1 unspecified atom stereocenters. The predicted molar refractivity (Wildman–Crippen MR) is 103 cm³/mol. The first-order valence-corrected chi connectivity index (χ1v) is 8.90. The number of β-amino-alcohol motifs (C(OH)–C–C–N with tert-alkyl or cyclic N) is 1. The van der Waals surface area contributed by atoms with Crippen LogP contribution in [0.5, 0.6) is 5.88 Å². The molecule has 0 amide bonds. The molecule has 1 aromatic heterocycles. The molecule has 1 aliphatic heterocycles. The average Bonchev–Trinajstić information content (AvgIpc) is 3.16. The first-order chi connectivity index (χ1) is 12.4. The van der Waals surface area contributed by atoms with Crippen molar-refractivity contribution in [2.45, 2.75) is 19.4 Å². The first-order valence-electron chi connectivity index (χ1n) is 8.52. The molecular formula is C20H19ClN2O3. The summed E-state index contributed by atoms with van der Waals surface area (Å²) in [4.78, 5) is 16.8. The van der Waals surface area contributed by atoms with Crippen LogP contribution >= 0.6 is 11.6 Å². The SMILES string of the molecule is CC(=O)c1c(O)[nH]c2cc(Cl)c(-c3ccc(N4CCC(O)C4)cc3)cc12. The number of fused-ring (bicyclic) bond motifs is 1. The molecule has 134 valence electrons. The number of hydrogen-bond donors (Lipinski definition) is 3. The van der Waals surface area contributed by atoms with Crippen LogP contribution < -0.4 is 4.90 Å². The Labute approximate surface area is 155 Å². The second kappa shape index (κ2) is 6.34. The molecule has 6 heteroatoms. The number of halogens is 1. The van der Waals surface area contributed by atoms with Gasteiger partial charge in [-0.3, -0.25) is 4.79 Å². The van der Waals surface area contributed by atoms with E-state index in [1.54, 1.807) is 6.07 Å². The van der Waals surface area contributed by atoms with Gasteiger partial charge in [-0.25, -0.2) is 0 Å². The summed E-state index contributed by atoms with van der Waals surface area (Å²) in [6.07, 6.45) is 0.521. The van der Waals surface area contributed by atoms with E-state index in [0.29, 0.717) is 22.5 Å². The lowest BCUT2D eigenvalue weighted by molar-refractivity contribution is 0.101. The number of nitrogens with zero attached hydrogens (tertiary/aromatic N) is 1. The normalized spacial score (nSPS) is 17.2. The number of aromatic nitrogens is 1. The number of rotatable bonds is 3. The van der Waals surface area contributed by atoms with Crippen molar-refractivity contribution in [3.8, 4) is 17.0 Å². The summed E-state index contributed by atoms with van der Waals surface area (Å²) in [6.45, 7) is 2.92. The van der Waals surface area contributed by atoms with E-state index in [4.69, 9.17) is 11.6 Å². The minimum Gasteiger partial charge on any atom is -0.494 e. The van der Waals surface area contributed by atoms with Gasteiger partial charge in [0.2, 0.25) is 5.88 Å². The zero-order chi connectivity index (χ0) is 18.4. The number of carbonyl (C=O) groups excluding carboxylic acids is 1. The first kappa shape index (κ1) is 16.9. The lowest BCUT2D eigenvalue weighted by atomic mass is 10.0. The van der Waals surface area contributed by atoms with Gasteiger partial charge in [-0.1, -0.05) is 23.7 Å². The fraction of sp³-hybridized carbons (Fsp3) is 0.250. The Kier molecular flexibility index (Phi) is 4.13. The van der Waals surface area contributed by atoms with E-state index in [0.717, 1.165) is 29.8 Å². The Morgan fingerprint density at radius 2 is 2.00 bits per heavy atom. The zero-order valence-corrected chi connectivity index (χ0v) is 15.0. The van der Waals surface area contributed by atoms with E-state index in [1.165, 1.54) is 6.92 Å². The van der Waals surface area contributed by atoms with Crippen LogP contribution in [0, 0.1) is 0 Å². The molecule has 4 rings (SSSR count). The number of benzene rings is 2. The molecule has 1 fully saturated rings. The van der Waals surface area contributed by atoms with E-state index in [9.17, 15) is 15.0 Å². The third-order valence-corrected chi connectivity index (χ3v) is 5.24. The van der Waals surface area contributed by atoms with Gasteiger partial charge in [-0.15, -0.1) is 0 Å². The van der Waals surface area contributed by atoms with Gasteiger partial charge < -0.3 is 20.1 Å². The second-order valence-electron chi connectivity index (χ2n) is 6.72. The number of H-pyrrole nitrogens is 1. The number of aromatic hydroxyl groups is 1. The highest BCUT2D eigenvalue weighted by molar-refractivity contribution is 6.34. The predicted octanol–water partition coefficient (Wildman–Crippen LogP) is 3.97. The van der Waals surface area contributed by atoms with Crippen molar-refractivity contribution >= 4 is 34.0 Å². The molecule has 1 saturated heterocycles. The van der Waals surface area contributed by atoms with Gasteiger partial charge in [-0.05, 0) is 43.2 Å². The van der Waals surface area contributed by atoms with Crippen LogP contribution in [0.4, 0.5) is 5.69 Å². The van der Waals surface area contributed by atoms with Crippen LogP contribution in [0.25, 0.3) is 22.0 Å². The van der Waals surface area contributed by atoms with E-state index in [1.807, 2.05) is 30.3 Å². The number of aliphatic hydroxyl groups excluding tert-OH is 1. The lowest BCUT2D eigenvalue weighted by Crippen LogP contribution is -2.20. The number of Topliss-reactive ketones (excluding diaryl/α,β-unsaturated/α-hetero) is 1. The summed E-state index contributed by atoms with van der Waals surface area (Å²) in [5.41, 5.74) is 3.69. The quantitative estimate of drug-likeness (QED) is 0.610. The topological polar surface area (TPSA) is 76.6 Å². The maximum Gasteiger partial charge on any atom is 0.200 e. The average molecular weight is 371 g/mol. The lowest BCUT2D eigenvalue weighted by Gasteiger charge is -2.18. The molecule has 0 spiro atoms. The summed E-state index contributed by atoms with van der Waals surface area (Å²) >= 11 is 6.43. The van der Waals surface area contributed by atoms with E-state index < -0.39 is 0 Å². The van der Waals surface area contributed by atoms with Gasteiger partial charge in [0.1, 0.15) is 0 Å². The van der Waals surface area contributed by atoms with Crippen molar-refractivity contribution in [2.24, 2.45) is 0 Å². The third-order valence-electron chi connectivity index (χ3n) is 4.93. The Balaban J connectivity index is 1.75. The van der Waals surface area contributed by atoms with Gasteiger partial charge >= 0.3 is 0 Å². The van der Waals surface area contributed by atoms with Crippen LogP contribution in [-0.2, 0) is 0 Å². The minimum atomic E-state index is -0.266. The molecule has 26 heavy (non-hydrogen) atoms. The Hall–Kier alpha value is -2.50. The number of aromatic amines is 1. The highest BCUT2D eigenvalue weighted by atomic mass is 35.5. The molecular weight excluding hydrogens is 352 g/mol. The van der Waals surface area contributed by atoms with Crippen LogP contribution in [0.3, 0.4) is 0 Å². The molecule has 1 aliphatic rings. The number of hydrogen-bond acceptors (Lipinski definition) is 4. The minimum absolute atomic E-state index is 0.136. The van der Waals surface area contributed by atoms with E-state index >= 15 is 0 Å². The smallest absolute Gasteiger partial charge is 0.200 e. The molecule has 1 atom stereocenters. The summed E-state index contributed by atoms with van der Waals surface area (Å²) in [7, 11) is 0. The molecule has 2 aromatic carbocycles. The highest BCUT2D eigenvalue weighted by Gasteiger charge is 2.21. The van der Waals surface area contributed by atoms with Gasteiger partial charge in [0.25, 0.3) is 0 Å². The summed E-state index contributed by atoms with van der Waals surface area (Å²) < 4.78 is 0. The molecule has 0 radical (unpaired) electrons. The van der Waals surface area contributed by atoms with Crippen molar-refractivity contribution in [3.05, 3.63) is 47.0 Å². The molecule has 2 heterocycles. The maximum absolute atomic E-state index is 11.9. The number of carbonyl (C=O) groups is 1. The summed E-state index contributed by atoms with van der Waals surface area (Å²) in [6, 6.07) is 11.5. The van der Waals surface area contributed by atoms with Crippen molar-refractivity contribution in [2.75, 3.05) is 18.0 Å². The number of aliphatic hydroxyl groups is 1. The molecule has 0 aliphatic carbocycles. The summed E-state index contributed by atoms with van der Waals surface area (Å²) in [5, 5.41) is 20.9. The summed E-state index contributed by atoms with van der Waals surface area (Å²) in [5.74, 6) is -0.339. The monoisotopic (exact) mass is 370 g/mol. The number of anilines is 1. The third kappa shape index (κ3) is 2.83. The van der Waals surface area contributed by atoms with Gasteiger partial charge in [0, 0.05) is 29.7 Å². The van der Waals surface area contributed by atoms with Gasteiger partial charge in [0.05, 0.1) is 22.2 Å². The van der Waals surface area contributed by atoms with Crippen molar-refractivity contribution in [1.82, 2.24) is 4.98 Å². The van der Waals surface area contributed by atoms with Gasteiger partial charge in [-0.2, -0.15) is 0 Å². The fourth-order valence-electron chi connectivity index (χ4n) is 3.61. The van der Waals surface area contributed by atoms with E-state index in [2.05, 4.69) is 9.88 Å². The molecule has 0 bridgehead atoms. The van der Waals surface area contributed by atoms with Crippen molar-refractivity contribution in [1.29, 1.82) is 0 Å². The van der Waals surface area contributed by atoms with Crippen molar-refractivity contribution < 1.29 is 15.0 Å². The fourth-order valence-corrected chi connectivity index (χ4v) is 3.88. The van der Waals surface area contributed by atoms with E-state index in [-0.39, 0.29) is 23.3 Å². The number of nitrogens with one attached hydrogen (secondary N) is 1. The molecule has 3 N–H and O–H groups in total.